The summed E-state index contributed by atoms with van der Waals surface area (Å²) in [7, 11) is 0. The number of carbonyl (C=O) groups is 1. The molecule has 3 N–H and O–H groups in total. The van der Waals surface area contributed by atoms with Gasteiger partial charge < -0.3 is 11.1 Å². The number of fused-ring (bicyclic) bond motifs is 1. The number of primary amides is 1. The van der Waals surface area contributed by atoms with Crippen molar-refractivity contribution in [3.05, 3.63) is 30.0 Å². The smallest absolute Gasteiger partial charge is 0.239 e. The van der Waals surface area contributed by atoms with Gasteiger partial charge in [-0.15, -0.1) is 10.2 Å². The normalized spacial score (nSPS) is 11.8. The molecule has 0 aliphatic heterocycles. The first-order chi connectivity index (χ1) is 8.63. The molecule has 1 amide bonds. The summed E-state index contributed by atoms with van der Waals surface area (Å²) in [6.45, 7) is 1.62. The Bertz CT molecular complexity index is 646. The van der Waals surface area contributed by atoms with Gasteiger partial charge in [0.15, 0.2) is 5.69 Å². The second-order valence-electron chi connectivity index (χ2n) is 3.82. The molecule has 0 bridgehead atoms. The molecular weight excluding hydrogens is 230 g/mol. The van der Waals surface area contributed by atoms with E-state index in [4.69, 9.17) is 11.0 Å². The van der Waals surface area contributed by atoms with E-state index < -0.39 is 11.9 Å². The Labute approximate surface area is 103 Å². The van der Waals surface area contributed by atoms with E-state index in [-0.39, 0.29) is 5.69 Å². The summed E-state index contributed by atoms with van der Waals surface area (Å²) in [5, 5.41) is 20.4. The van der Waals surface area contributed by atoms with Crippen LogP contribution in [0.1, 0.15) is 12.6 Å². The number of benzene rings is 1. The molecule has 1 aromatic carbocycles. The zero-order chi connectivity index (χ0) is 13.1. The predicted octanol–water partition coefficient (Wildman–Crippen LogP) is 0.787. The van der Waals surface area contributed by atoms with Gasteiger partial charge in [0.25, 0.3) is 0 Å². The van der Waals surface area contributed by atoms with Crippen LogP contribution in [-0.2, 0) is 4.79 Å². The third-order valence-electron chi connectivity index (χ3n) is 2.56. The fraction of sp³-hybridized carbons (Fsp3) is 0.167. The molecule has 0 spiro atoms. The Hall–Kier alpha value is -2.68. The van der Waals surface area contributed by atoms with Gasteiger partial charge in [0, 0.05) is 5.39 Å². The highest BCUT2D eigenvalue weighted by Gasteiger charge is 2.15. The van der Waals surface area contributed by atoms with Crippen LogP contribution in [0.25, 0.3) is 10.9 Å². The molecule has 90 valence electrons. The maximum atomic E-state index is 11.1. The fourth-order valence-corrected chi connectivity index (χ4v) is 1.57. The van der Waals surface area contributed by atoms with Crippen LogP contribution >= 0.6 is 0 Å². The van der Waals surface area contributed by atoms with E-state index in [2.05, 4.69) is 15.5 Å². The molecule has 6 heteroatoms. The van der Waals surface area contributed by atoms with Crippen LogP contribution in [-0.4, -0.2) is 22.1 Å². The second-order valence-corrected chi connectivity index (χ2v) is 3.82. The number of nitriles is 1. The van der Waals surface area contributed by atoms with Crippen molar-refractivity contribution in [2.45, 2.75) is 13.0 Å². The lowest BCUT2D eigenvalue weighted by Gasteiger charge is -2.14. The van der Waals surface area contributed by atoms with Crippen LogP contribution in [0.4, 0.5) is 5.69 Å². The van der Waals surface area contributed by atoms with Gasteiger partial charge in [-0.25, -0.2) is 0 Å². The average molecular weight is 241 g/mol. The molecule has 1 unspecified atom stereocenters. The van der Waals surface area contributed by atoms with Crippen LogP contribution in [0.5, 0.6) is 0 Å². The highest BCUT2D eigenvalue weighted by atomic mass is 16.1. The number of carbonyl (C=O) groups excluding carboxylic acids is 1. The molecule has 0 aliphatic carbocycles. The van der Waals surface area contributed by atoms with Crippen LogP contribution < -0.4 is 11.1 Å². The summed E-state index contributed by atoms with van der Waals surface area (Å²) < 4.78 is 0. The number of nitrogens with zero attached hydrogens (tertiary/aromatic N) is 3. The van der Waals surface area contributed by atoms with Gasteiger partial charge in [-0.2, -0.15) is 5.26 Å². The molecule has 18 heavy (non-hydrogen) atoms. The highest BCUT2D eigenvalue weighted by Crippen LogP contribution is 2.24. The zero-order valence-corrected chi connectivity index (χ0v) is 9.71. The number of amides is 1. The van der Waals surface area contributed by atoms with Crippen LogP contribution in [0.2, 0.25) is 0 Å². The SMILES string of the molecule is CC(Nc1c(C#N)nnc2ccccc12)C(N)=O. The summed E-state index contributed by atoms with van der Waals surface area (Å²) >= 11 is 0. The summed E-state index contributed by atoms with van der Waals surface area (Å²) in [5.74, 6) is -0.500. The molecule has 1 heterocycles. The van der Waals surface area contributed by atoms with Crippen molar-refractivity contribution in [1.29, 1.82) is 5.26 Å². The lowest BCUT2D eigenvalue weighted by atomic mass is 10.1. The Balaban J connectivity index is 2.59. The summed E-state index contributed by atoms with van der Waals surface area (Å²) in [6.07, 6.45) is 0. The average Bonchev–Trinajstić information content (AvgIpc) is 2.39. The van der Waals surface area contributed by atoms with E-state index in [1.165, 1.54) is 0 Å². The Kier molecular flexibility index (Phi) is 3.06. The quantitative estimate of drug-likeness (QED) is 0.826. The highest BCUT2D eigenvalue weighted by molar-refractivity contribution is 5.95. The molecule has 2 aromatic rings. The van der Waals surface area contributed by atoms with Gasteiger partial charge >= 0.3 is 0 Å². The standard InChI is InChI=1S/C12H11N5O/c1-7(12(14)18)15-11-8-4-2-3-5-9(8)16-17-10(11)6-13/h2-5,7H,1H3,(H2,14,18)(H,15,16). The van der Waals surface area contributed by atoms with Crippen LogP contribution in [0, 0.1) is 11.3 Å². The van der Waals surface area contributed by atoms with Crippen molar-refractivity contribution in [2.75, 3.05) is 5.32 Å². The number of hydrogen-bond acceptors (Lipinski definition) is 5. The van der Waals surface area contributed by atoms with Gasteiger partial charge in [-0.3, -0.25) is 4.79 Å². The molecule has 1 aromatic heterocycles. The van der Waals surface area contributed by atoms with Gasteiger partial charge in [-0.05, 0) is 13.0 Å². The van der Waals surface area contributed by atoms with Crippen LogP contribution in [0.3, 0.4) is 0 Å². The van der Waals surface area contributed by atoms with Crippen molar-refractivity contribution in [2.24, 2.45) is 5.73 Å². The topological polar surface area (TPSA) is 105 Å². The molecule has 6 nitrogen and oxygen atoms in total. The Morgan fingerprint density at radius 1 is 1.44 bits per heavy atom. The van der Waals surface area contributed by atoms with Crippen molar-refractivity contribution in [1.82, 2.24) is 10.2 Å². The van der Waals surface area contributed by atoms with Crippen molar-refractivity contribution < 1.29 is 4.79 Å². The van der Waals surface area contributed by atoms with Gasteiger partial charge in [-0.1, -0.05) is 18.2 Å². The first kappa shape index (κ1) is 11.8. The monoisotopic (exact) mass is 241 g/mol. The van der Waals surface area contributed by atoms with Gasteiger partial charge in [0.1, 0.15) is 12.1 Å². The van der Waals surface area contributed by atoms with Crippen molar-refractivity contribution in [3.63, 3.8) is 0 Å². The van der Waals surface area contributed by atoms with E-state index >= 15 is 0 Å². The minimum absolute atomic E-state index is 0.141. The fourth-order valence-electron chi connectivity index (χ4n) is 1.57. The van der Waals surface area contributed by atoms with E-state index in [0.717, 1.165) is 5.39 Å². The van der Waals surface area contributed by atoms with E-state index in [1.807, 2.05) is 18.2 Å². The molecule has 0 saturated carbocycles. The van der Waals surface area contributed by atoms with E-state index in [1.54, 1.807) is 19.1 Å². The number of rotatable bonds is 3. The predicted molar refractivity (Wildman–Crippen MR) is 66.5 cm³/mol. The zero-order valence-electron chi connectivity index (χ0n) is 9.71. The number of aromatic nitrogens is 2. The number of hydrogen-bond donors (Lipinski definition) is 2. The molecule has 2 rings (SSSR count). The third-order valence-corrected chi connectivity index (χ3v) is 2.56. The minimum Gasteiger partial charge on any atom is -0.371 e. The maximum Gasteiger partial charge on any atom is 0.239 e. The molecule has 0 saturated heterocycles. The maximum absolute atomic E-state index is 11.1. The lowest BCUT2D eigenvalue weighted by molar-refractivity contribution is -0.118. The third kappa shape index (κ3) is 2.06. The van der Waals surface area contributed by atoms with Gasteiger partial charge in [0.05, 0.1) is 11.2 Å². The van der Waals surface area contributed by atoms with Gasteiger partial charge in [0.2, 0.25) is 5.91 Å². The van der Waals surface area contributed by atoms with E-state index in [9.17, 15) is 4.79 Å². The first-order valence-electron chi connectivity index (χ1n) is 5.35. The first-order valence-corrected chi connectivity index (χ1v) is 5.35. The molecule has 0 aliphatic rings. The molecule has 1 atom stereocenters. The lowest BCUT2D eigenvalue weighted by Crippen LogP contribution is -2.32. The molecular formula is C12H11N5O. The summed E-state index contributed by atoms with van der Waals surface area (Å²) in [5.41, 5.74) is 6.47. The minimum atomic E-state index is -0.593. The van der Waals surface area contributed by atoms with Crippen molar-refractivity contribution >= 4 is 22.5 Å². The largest absolute Gasteiger partial charge is 0.371 e. The summed E-state index contributed by atoms with van der Waals surface area (Å²) in [6, 6.07) is 8.59. The second kappa shape index (κ2) is 4.67. The van der Waals surface area contributed by atoms with E-state index in [0.29, 0.717) is 11.2 Å². The van der Waals surface area contributed by atoms with Crippen molar-refractivity contribution in [3.8, 4) is 6.07 Å². The Morgan fingerprint density at radius 3 is 2.83 bits per heavy atom. The molecule has 0 fully saturated rings. The number of nitrogens with one attached hydrogen (secondary N) is 1. The van der Waals surface area contributed by atoms with Crippen LogP contribution in [0.15, 0.2) is 24.3 Å². The number of anilines is 1. The summed E-state index contributed by atoms with van der Waals surface area (Å²) in [4.78, 5) is 11.1. The molecule has 0 radical (unpaired) electrons. The number of nitrogens with two attached hydrogens (primary N) is 1. The Morgan fingerprint density at radius 2 is 2.17 bits per heavy atom.